The molecule has 1 aliphatic carbocycles. The van der Waals surface area contributed by atoms with Crippen molar-refractivity contribution in [3.63, 3.8) is 0 Å². The van der Waals surface area contributed by atoms with Crippen LogP contribution >= 0.6 is 0 Å². The van der Waals surface area contributed by atoms with Crippen molar-refractivity contribution >= 4 is 6.09 Å². The number of rotatable bonds is 0. The van der Waals surface area contributed by atoms with Gasteiger partial charge in [-0.25, -0.2) is 4.79 Å². The lowest BCUT2D eigenvalue weighted by atomic mass is 9.84. The molecule has 2 aliphatic rings. The Balaban J connectivity index is 2.13. The first-order valence-corrected chi connectivity index (χ1v) is 7.02. The second kappa shape index (κ2) is 4.72. The van der Waals surface area contributed by atoms with Gasteiger partial charge in [0.1, 0.15) is 5.60 Å². The standard InChI is InChI=1S/C14H26N2O2/c1-13(2,3)18-12(17)16-9-8-15-10-14(4)7-5-6-11(14)16/h11,15H,5-10H2,1-4H3/t11-,14+/m0/s1. The fraction of sp³-hybridized carbons (Fsp3) is 0.929. The second-order valence-electron chi connectivity index (χ2n) is 6.91. The van der Waals surface area contributed by atoms with Gasteiger partial charge in [-0.3, -0.25) is 0 Å². The Morgan fingerprint density at radius 2 is 2.17 bits per heavy atom. The highest BCUT2D eigenvalue weighted by molar-refractivity contribution is 5.69. The molecule has 1 saturated carbocycles. The third-order valence-corrected chi connectivity index (χ3v) is 4.09. The van der Waals surface area contributed by atoms with E-state index in [1.165, 1.54) is 12.8 Å². The molecule has 2 rings (SSSR count). The maximum atomic E-state index is 12.3. The van der Waals surface area contributed by atoms with Crippen molar-refractivity contribution in [2.75, 3.05) is 19.6 Å². The molecule has 4 nitrogen and oxygen atoms in total. The first-order valence-electron chi connectivity index (χ1n) is 7.02. The first-order chi connectivity index (χ1) is 8.32. The predicted molar refractivity (Wildman–Crippen MR) is 71.6 cm³/mol. The van der Waals surface area contributed by atoms with Crippen molar-refractivity contribution in [3.05, 3.63) is 0 Å². The number of ether oxygens (including phenoxy) is 1. The average Bonchev–Trinajstić information content (AvgIpc) is 2.50. The number of hydrogen-bond donors (Lipinski definition) is 1. The fourth-order valence-electron chi connectivity index (χ4n) is 3.22. The third kappa shape index (κ3) is 2.79. The molecule has 1 aliphatic heterocycles. The zero-order valence-corrected chi connectivity index (χ0v) is 12.1. The van der Waals surface area contributed by atoms with Gasteiger partial charge in [0.25, 0.3) is 0 Å². The first kappa shape index (κ1) is 13.7. The number of carbonyl (C=O) groups is 1. The van der Waals surface area contributed by atoms with Crippen molar-refractivity contribution in [1.82, 2.24) is 10.2 Å². The molecule has 0 aromatic heterocycles. The van der Waals surface area contributed by atoms with Gasteiger partial charge in [0.2, 0.25) is 0 Å². The van der Waals surface area contributed by atoms with E-state index in [0.29, 0.717) is 6.04 Å². The molecule has 0 bridgehead atoms. The normalized spacial score (nSPS) is 32.9. The molecule has 1 amide bonds. The lowest BCUT2D eigenvalue weighted by Crippen LogP contribution is -2.48. The summed E-state index contributed by atoms with van der Waals surface area (Å²) in [4.78, 5) is 14.3. The van der Waals surface area contributed by atoms with Gasteiger partial charge < -0.3 is 15.0 Å². The van der Waals surface area contributed by atoms with Crippen LogP contribution in [-0.4, -0.2) is 42.3 Å². The van der Waals surface area contributed by atoms with Gasteiger partial charge in [-0.05, 0) is 33.6 Å². The lowest BCUT2D eigenvalue weighted by Gasteiger charge is -2.37. The Morgan fingerprint density at radius 3 is 2.83 bits per heavy atom. The van der Waals surface area contributed by atoms with Crippen LogP contribution in [-0.2, 0) is 4.74 Å². The minimum Gasteiger partial charge on any atom is -0.444 e. The molecule has 0 spiro atoms. The number of nitrogens with one attached hydrogen (secondary N) is 1. The Morgan fingerprint density at radius 1 is 1.44 bits per heavy atom. The molecule has 104 valence electrons. The molecule has 0 aromatic carbocycles. The van der Waals surface area contributed by atoms with E-state index in [9.17, 15) is 4.79 Å². The smallest absolute Gasteiger partial charge is 0.410 e. The number of hydrogen-bond acceptors (Lipinski definition) is 3. The average molecular weight is 254 g/mol. The quantitative estimate of drug-likeness (QED) is 0.721. The SMILES string of the molecule is CC(C)(C)OC(=O)N1CCNC[C@@]2(C)CCC[C@H]12. The molecule has 18 heavy (non-hydrogen) atoms. The molecule has 0 unspecified atom stereocenters. The van der Waals surface area contributed by atoms with Crippen molar-refractivity contribution in [1.29, 1.82) is 0 Å². The summed E-state index contributed by atoms with van der Waals surface area (Å²) in [7, 11) is 0. The fourth-order valence-corrected chi connectivity index (χ4v) is 3.22. The summed E-state index contributed by atoms with van der Waals surface area (Å²) in [5, 5.41) is 3.46. The third-order valence-electron chi connectivity index (χ3n) is 4.09. The summed E-state index contributed by atoms with van der Waals surface area (Å²) in [6, 6.07) is 0.336. The summed E-state index contributed by atoms with van der Waals surface area (Å²) in [6.45, 7) is 10.7. The second-order valence-corrected chi connectivity index (χ2v) is 6.91. The Hall–Kier alpha value is -0.770. The predicted octanol–water partition coefficient (Wildman–Crippen LogP) is 2.39. The molecule has 1 N–H and O–H groups in total. The molecule has 0 aromatic rings. The maximum Gasteiger partial charge on any atom is 0.410 e. The summed E-state index contributed by atoms with van der Waals surface area (Å²) in [5.41, 5.74) is -0.195. The monoisotopic (exact) mass is 254 g/mol. The van der Waals surface area contributed by atoms with E-state index in [1.807, 2.05) is 25.7 Å². The van der Waals surface area contributed by atoms with Crippen molar-refractivity contribution < 1.29 is 9.53 Å². The van der Waals surface area contributed by atoms with Gasteiger partial charge in [0, 0.05) is 31.1 Å². The molecule has 1 heterocycles. The molecular weight excluding hydrogens is 228 g/mol. The highest BCUT2D eigenvalue weighted by Gasteiger charge is 2.45. The van der Waals surface area contributed by atoms with Crippen LogP contribution in [0.1, 0.15) is 47.0 Å². The van der Waals surface area contributed by atoms with Crippen molar-refractivity contribution in [2.24, 2.45) is 5.41 Å². The minimum absolute atomic E-state index is 0.149. The van der Waals surface area contributed by atoms with E-state index in [0.717, 1.165) is 26.1 Å². The highest BCUT2D eigenvalue weighted by atomic mass is 16.6. The molecular formula is C14H26N2O2. The minimum atomic E-state index is -0.411. The lowest BCUT2D eigenvalue weighted by molar-refractivity contribution is 0.00825. The largest absolute Gasteiger partial charge is 0.444 e. The van der Waals surface area contributed by atoms with Gasteiger partial charge in [-0.1, -0.05) is 13.3 Å². The number of nitrogens with zero attached hydrogens (tertiary/aromatic N) is 1. The Kier molecular flexibility index (Phi) is 3.58. The number of carbonyl (C=O) groups excluding carboxylic acids is 1. The van der Waals surface area contributed by atoms with Crippen LogP contribution in [0.15, 0.2) is 0 Å². The highest BCUT2D eigenvalue weighted by Crippen LogP contribution is 2.41. The van der Waals surface area contributed by atoms with Gasteiger partial charge in [-0.15, -0.1) is 0 Å². The van der Waals surface area contributed by atoms with Crippen LogP contribution in [0.3, 0.4) is 0 Å². The molecule has 4 heteroatoms. The number of fused-ring (bicyclic) bond motifs is 1. The molecule has 1 saturated heterocycles. The summed E-state index contributed by atoms with van der Waals surface area (Å²) >= 11 is 0. The number of amides is 1. The summed E-state index contributed by atoms with van der Waals surface area (Å²) in [5.74, 6) is 0. The maximum absolute atomic E-state index is 12.3. The summed E-state index contributed by atoms with van der Waals surface area (Å²) < 4.78 is 5.55. The van der Waals surface area contributed by atoms with Crippen LogP contribution in [0, 0.1) is 5.41 Å². The van der Waals surface area contributed by atoms with E-state index < -0.39 is 5.60 Å². The van der Waals surface area contributed by atoms with Crippen LogP contribution in [0.5, 0.6) is 0 Å². The zero-order chi connectivity index (χ0) is 13.4. The Labute approximate surface area is 110 Å². The van der Waals surface area contributed by atoms with Crippen molar-refractivity contribution in [2.45, 2.75) is 58.6 Å². The van der Waals surface area contributed by atoms with E-state index in [2.05, 4.69) is 12.2 Å². The van der Waals surface area contributed by atoms with Crippen molar-refractivity contribution in [3.8, 4) is 0 Å². The molecule has 2 atom stereocenters. The van der Waals surface area contributed by atoms with Gasteiger partial charge in [0.05, 0.1) is 0 Å². The van der Waals surface area contributed by atoms with E-state index >= 15 is 0 Å². The zero-order valence-electron chi connectivity index (χ0n) is 12.1. The van der Waals surface area contributed by atoms with Gasteiger partial charge in [0.15, 0.2) is 0 Å². The van der Waals surface area contributed by atoms with E-state index in [-0.39, 0.29) is 11.5 Å². The molecule has 2 fully saturated rings. The Bertz CT molecular complexity index is 324. The van der Waals surface area contributed by atoms with Crippen LogP contribution in [0.2, 0.25) is 0 Å². The molecule has 0 radical (unpaired) electrons. The van der Waals surface area contributed by atoms with Crippen LogP contribution < -0.4 is 5.32 Å². The van der Waals surface area contributed by atoms with Crippen LogP contribution in [0.4, 0.5) is 4.79 Å². The van der Waals surface area contributed by atoms with Gasteiger partial charge >= 0.3 is 6.09 Å². The topological polar surface area (TPSA) is 41.6 Å². The van der Waals surface area contributed by atoms with E-state index in [4.69, 9.17) is 4.74 Å². The van der Waals surface area contributed by atoms with E-state index in [1.54, 1.807) is 0 Å². The summed E-state index contributed by atoms with van der Waals surface area (Å²) in [6.07, 6.45) is 3.37. The van der Waals surface area contributed by atoms with Crippen LogP contribution in [0.25, 0.3) is 0 Å². The van der Waals surface area contributed by atoms with Gasteiger partial charge in [-0.2, -0.15) is 0 Å².